The van der Waals surface area contributed by atoms with Gasteiger partial charge in [-0.05, 0) is 30.0 Å². The Labute approximate surface area is 166 Å². The van der Waals surface area contributed by atoms with Gasteiger partial charge in [0, 0.05) is 5.02 Å². The van der Waals surface area contributed by atoms with E-state index in [-0.39, 0.29) is 5.56 Å². The summed E-state index contributed by atoms with van der Waals surface area (Å²) in [4.78, 5) is 30.7. The summed E-state index contributed by atoms with van der Waals surface area (Å²) in [7, 11) is 0. The summed E-state index contributed by atoms with van der Waals surface area (Å²) in [6.07, 6.45) is 2.44. The molecule has 0 unspecified atom stereocenters. The third kappa shape index (κ3) is 4.06. The van der Waals surface area contributed by atoms with Gasteiger partial charge in [0.25, 0.3) is 5.56 Å². The van der Waals surface area contributed by atoms with E-state index in [0.29, 0.717) is 44.7 Å². The first-order valence-corrected chi connectivity index (χ1v) is 10.0. The number of benzene rings is 1. The van der Waals surface area contributed by atoms with E-state index >= 15 is 0 Å². The lowest BCUT2D eigenvalue weighted by atomic mass is 10.1. The molecule has 1 aromatic carbocycles. The van der Waals surface area contributed by atoms with Crippen molar-refractivity contribution in [2.75, 3.05) is 6.61 Å². The Morgan fingerprint density at radius 1 is 1.37 bits per heavy atom. The van der Waals surface area contributed by atoms with Crippen LogP contribution in [0, 0.1) is 12.8 Å². The normalized spacial score (nSPS) is 12.3. The van der Waals surface area contributed by atoms with Crippen molar-refractivity contribution >= 4 is 39.1 Å². The number of ether oxygens (including phenoxy) is 1. The number of hydrogen-bond acceptors (Lipinski definition) is 5. The van der Waals surface area contributed by atoms with Gasteiger partial charge in [-0.2, -0.15) is 0 Å². The Hall–Kier alpha value is -2.18. The highest BCUT2D eigenvalue weighted by Gasteiger charge is 2.21. The maximum absolute atomic E-state index is 12.9. The standard InChI is InChI=1S/C20H21ClN2O3S/c1-4-12(2)10-26-20(25)17-13(3)16-18(27-17)22-11-23(19(16)24)9-14-7-5-6-8-15(14)21/h5-8,11-12H,4,9-10H2,1-3H3/t12-/m0/s1. The molecule has 0 aliphatic rings. The van der Waals surface area contributed by atoms with Crippen molar-refractivity contribution in [3.05, 3.63) is 62.0 Å². The van der Waals surface area contributed by atoms with E-state index < -0.39 is 5.97 Å². The second kappa shape index (κ2) is 8.23. The molecule has 0 saturated carbocycles. The van der Waals surface area contributed by atoms with Crippen molar-refractivity contribution < 1.29 is 9.53 Å². The van der Waals surface area contributed by atoms with Crippen molar-refractivity contribution in [2.45, 2.75) is 33.7 Å². The van der Waals surface area contributed by atoms with E-state index in [1.165, 1.54) is 22.2 Å². The van der Waals surface area contributed by atoms with Gasteiger partial charge in [-0.25, -0.2) is 9.78 Å². The molecule has 5 nitrogen and oxygen atoms in total. The zero-order chi connectivity index (χ0) is 19.6. The summed E-state index contributed by atoms with van der Waals surface area (Å²) < 4.78 is 6.90. The van der Waals surface area contributed by atoms with Gasteiger partial charge in [-0.3, -0.25) is 9.36 Å². The van der Waals surface area contributed by atoms with Crippen LogP contribution in [0.25, 0.3) is 10.2 Å². The summed E-state index contributed by atoms with van der Waals surface area (Å²) in [5.41, 5.74) is 1.27. The minimum atomic E-state index is -0.396. The lowest BCUT2D eigenvalue weighted by Crippen LogP contribution is -2.21. The maximum atomic E-state index is 12.9. The van der Waals surface area contributed by atoms with Gasteiger partial charge < -0.3 is 4.74 Å². The van der Waals surface area contributed by atoms with Crippen molar-refractivity contribution in [1.29, 1.82) is 0 Å². The fourth-order valence-corrected chi connectivity index (χ4v) is 3.91. The average Bonchev–Trinajstić information content (AvgIpc) is 3.00. The number of carbonyl (C=O) groups excluding carboxylic acids is 1. The molecule has 142 valence electrons. The van der Waals surface area contributed by atoms with E-state index in [0.717, 1.165) is 12.0 Å². The number of nitrogens with zero attached hydrogens (tertiary/aromatic N) is 2. The first-order valence-electron chi connectivity index (χ1n) is 8.81. The second-order valence-electron chi connectivity index (χ2n) is 6.62. The molecule has 3 rings (SSSR count). The van der Waals surface area contributed by atoms with Crippen LogP contribution in [0.15, 0.2) is 35.4 Å². The van der Waals surface area contributed by atoms with Crippen LogP contribution < -0.4 is 5.56 Å². The smallest absolute Gasteiger partial charge is 0.348 e. The molecule has 1 atom stereocenters. The van der Waals surface area contributed by atoms with Crippen LogP contribution in [0.3, 0.4) is 0 Å². The van der Waals surface area contributed by atoms with E-state index in [2.05, 4.69) is 11.9 Å². The topological polar surface area (TPSA) is 61.2 Å². The van der Waals surface area contributed by atoms with Crippen molar-refractivity contribution in [3.63, 3.8) is 0 Å². The molecule has 2 aromatic heterocycles. The third-order valence-electron chi connectivity index (χ3n) is 4.60. The lowest BCUT2D eigenvalue weighted by molar-refractivity contribution is 0.0452. The fraction of sp³-hybridized carbons (Fsp3) is 0.350. The molecule has 3 aromatic rings. The molecule has 0 aliphatic heterocycles. The van der Waals surface area contributed by atoms with E-state index in [1.807, 2.05) is 25.1 Å². The zero-order valence-corrected chi connectivity index (χ0v) is 17.1. The Morgan fingerprint density at radius 3 is 2.81 bits per heavy atom. The number of carbonyl (C=O) groups is 1. The van der Waals surface area contributed by atoms with Gasteiger partial charge in [0.15, 0.2) is 0 Å². The van der Waals surface area contributed by atoms with Gasteiger partial charge >= 0.3 is 5.97 Å². The molecule has 0 bridgehead atoms. The summed E-state index contributed by atoms with van der Waals surface area (Å²) in [5, 5.41) is 1.06. The molecular weight excluding hydrogens is 384 g/mol. The Balaban J connectivity index is 1.94. The predicted octanol–water partition coefficient (Wildman–Crippen LogP) is 4.67. The summed E-state index contributed by atoms with van der Waals surface area (Å²) in [6.45, 7) is 6.54. The summed E-state index contributed by atoms with van der Waals surface area (Å²) >= 11 is 7.40. The molecule has 2 heterocycles. The SMILES string of the molecule is CC[C@H](C)COC(=O)c1sc2ncn(Cc3ccccc3Cl)c(=O)c2c1C. The van der Waals surface area contributed by atoms with Gasteiger partial charge in [-0.15, -0.1) is 11.3 Å². The molecule has 0 N–H and O–H groups in total. The van der Waals surface area contributed by atoms with Crippen molar-refractivity contribution in [1.82, 2.24) is 9.55 Å². The first-order chi connectivity index (χ1) is 12.9. The molecule has 0 radical (unpaired) electrons. The molecule has 0 amide bonds. The minimum absolute atomic E-state index is 0.186. The molecular formula is C20H21ClN2O3S. The Bertz CT molecular complexity index is 1040. The number of halogens is 1. The minimum Gasteiger partial charge on any atom is -0.461 e. The van der Waals surface area contributed by atoms with Gasteiger partial charge in [0.05, 0.1) is 24.9 Å². The molecule has 0 aliphatic carbocycles. The van der Waals surface area contributed by atoms with Crippen LogP contribution >= 0.6 is 22.9 Å². The predicted molar refractivity (Wildman–Crippen MR) is 109 cm³/mol. The summed E-state index contributed by atoms with van der Waals surface area (Å²) in [5.74, 6) is -0.0949. The number of thiophene rings is 1. The highest BCUT2D eigenvalue weighted by molar-refractivity contribution is 7.20. The largest absolute Gasteiger partial charge is 0.461 e. The summed E-state index contributed by atoms with van der Waals surface area (Å²) in [6, 6.07) is 7.38. The zero-order valence-electron chi connectivity index (χ0n) is 15.5. The van der Waals surface area contributed by atoms with Crippen LogP contribution in [0.2, 0.25) is 5.02 Å². The van der Waals surface area contributed by atoms with Gasteiger partial charge in [0.1, 0.15) is 9.71 Å². The number of aryl methyl sites for hydroxylation is 1. The number of rotatable bonds is 6. The van der Waals surface area contributed by atoms with Crippen LogP contribution in [0.4, 0.5) is 0 Å². The Morgan fingerprint density at radius 2 is 2.11 bits per heavy atom. The third-order valence-corrected chi connectivity index (χ3v) is 6.15. The van der Waals surface area contributed by atoms with Gasteiger partial charge in [0.2, 0.25) is 0 Å². The molecule has 27 heavy (non-hydrogen) atoms. The fourth-order valence-electron chi connectivity index (χ4n) is 2.68. The highest BCUT2D eigenvalue weighted by Crippen LogP contribution is 2.28. The molecule has 0 fully saturated rings. The highest BCUT2D eigenvalue weighted by atomic mass is 35.5. The van der Waals surface area contributed by atoms with E-state index in [1.54, 1.807) is 13.0 Å². The molecule has 7 heteroatoms. The maximum Gasteiger partial charge on any atom is 0.348 e. The van der Waals surface area contributed by atoms with Crippen LogP contribution in [-0.4, -0.2) is 22.1 Å². The number of esters is 1. The van der Waals surface area contributed by atoms with E-state index in [9.17, 15) is 9.59 Å². The molecule has 0 saturated heterocycles. The van der Waals surface area contributed by atoms with E-state index in [4.69, 9.17) is 16.3 Å². The quantitative estimate of drug-likeness (QED) is 0.560. The molecule has 0 spiro atoms. The van der Waals surface area contributed by atoms with Crippen molar-refractivity contribution in [3.8, 4) is 0 Å². The van der Waals surface area contributed by atoms with Crippen LogP contribution in [0.1, 0.15) is 41.1 Å². The number of hydrogen-bond donors (Lipinski definition) is 0. The first kappa shape index (κ1) is 19.6. The van der Waals surface area contributed by atoms with Crippen LogP contribution in [-0.2, 0) is 11.3 Å². The van der Waals surface area contributed by atoms with Crippen LogP contribution in [0.5, 0.6) is 0 Å². The average molecular weight is 405 g/mol. The number of fused-ring (bicyclic) bond motifs is 1. The monoisotopic (exact) mass is 404 g/mol. The van der Waals surface area contributed by atoms with Gasteiger partial charge in [-0.1, -0.05) is 50.1 Å². The lowest BCUT2D eigenvalue weighted by Gasteiger charge is -2.09. The second-order valence-corrected chi connectivity index (χ2v) is 8.02. The Kier molecular flexibility index (Phi) is 5.97. The number of aromatic nitrogens is 2. The van der Waals surface area contributed by atoms with Crippen molar-refractivity contribution in [2.24, 2.45) is 5.92 Å².